The number of aryl methyl sites for hydroxylation is 1. The summed E-state index contributed by atoms with van der Waals surface area (Å²) in [7, 11) is 0. The van der Waals surface area contributed by atoms with Crippen LogP contribution in [0.25, 0.3) is 0 Å². The van der Waals surface area contributed by atoms with Crippen molar-refractivity contribution in [3.8, 4) is 0 Å². The van der Waals surface area contributed by atoms with Gasteiger partial charge in [0.05, 0.1) is 6.04 Å². The quantitative estimate of drug-likeness (QED) is 0.305. The summed E-state index contributed by atoms with van der Waals surface area (Å²) in [5.74, 6) is 0.181. The summed E-state index contributed by atoms with van der Waals surface area (Å²) in [6.45, 7) is 3.94. The summed E-state index contributed by atoms with van der Waals surface area (Å²) in [6.07, 6.45) is 0.950. The molecule has 0 spiro atoms. The van der Waals surface area contributed by atoms with Gasteiger partial charge in [-0.1, -0.05) is 30.3 Å². The molecule has 4 N–H and O–H groups in total. The fourth-order valence-electron chi connectivity index (χ4n) is 1.36. The predicted molar refractivity (Wildman–Crippen MR) is 62.3 cm³/mol. The van der Waals surface area contributed by atoms with Crippen molar-refractivity contribution in [3.05, 3.63) is 29.8 Å². The molecule has 4 nitrogen and oxygen atoms in total. The SMILES string of the molecule is CCc1ccccc1NC(C)C(N)=NO. The first-order chi connectivity index (χ1) is 7.19. The van der Waals surface area contributed by atoms with Crippen molar-refractivity contribution in [2.24, 2.45) is 10.9 Å². The Labute approximate surface area is 89.8 Å². The van der Waals surface area contributed by atoms with Crippen molar-refractivity contribution in [2.75, 3.05) is 5.32 Å². The molecular formula is C11H17N3O. The smallest absolute Gasteiger partial charge is 0.161 e. The van der Waals surface area contributed by atoms with Crippen LogP contribution < -0.4 is 11.1 Å². The van der Waals surface area contributed by atoms with E-state index in [0.717, 1.165) is 12.1 Å². The van der Waals surface area contributed by atoms with E-state index in [2.05, 4.69) is 23.5 Å². The molecule has 4 heteroatoms. The summed E-state index contributed by atoms with van der Waals surface area (Å²) in [5.41, 5.74) is 7.74. The molecule has 1 unspecified atom stereocenters. The van der Waals surface area contributed by atoms with E-state index in [1.165, 1.54) is 5.56 Å². The highest BCUT2D eigenvalue weighted by atomic mass is 16.4. The molecule has 82 valence electrons. The Morgan fingerprint density at radius 2 is 2.20 bits per heavy atom. The van der Waals surface area contributed by atoms with Gasteiger partial charge in [-0.05, 0) is 25.0 Å². The maximum absolute atomic E-state index is 8.53. The first-order valence-corrected chi connectivity index (χ1v) is 5.00. The minimum Gasteiger partial charge on any atom is -0.409 e. The second-order valence-electron chi connectivity index (χ2n) is 3.40. The lowest BCUT2D eigenvalue weighted by atomic mass is 10.1. The van der Waals surface area contributed by atoms with Crippen LogP contribution >= 0.6 is 0 Å². The number of para-hydroxylation sites is 1. The number of rotatable bonds is 4. The van der Waals surface area contributed by atoms with E-state index in [-0.39, 0.29) is 11.9 Å². The van der Waals surface area contributed by atoms with Crippen LogP contribution in [0.4, 0.5) is 5.69 Å². The van der Waals surface area contributed by atoms with Crippen molar-refractivity contribution < 1.29 is 5.21 Å². The molecule has 0 aliphatic heterocycles. The highest BCUT2D eigenvalue weighted by Crippen LogP contribution is 2.16. The standard InChI is InChI=1S/C11H17N3O/c1-3-9-6-4-5-7-10(9)13-8(2)11(12)14-15/h4-8,13,15H,3H2,1-2H3,(H2,12,14). The average molecular weight is 207 g/mol. The lowest BCUT2D eigenvalue weighted by Crippen LogP contribution is -2.33. The molecule has 1 aromatic carbocycles. The second kappa shape index (κ2) is 5.24. The number of hydrogen-bond acceptors (Lipinski definition) is 3. The summed E-state index contributed by atoms with van der Waals surface area (Å²) in [4.78, 5) is 0. The van der Waals surface area contributed by atoms with Crippen molar-refractivity contribution in [1.29, 1.82) is 0 Å². The zero-order chi connectivity index (χ0) is 11.3. The number of nitrogens with zero attached hydrogens (tertiary/aromatic N) is 1. The summed E-state index contributed by atoms with van der Waals surface area (Å²) in [5, 5.41) is 14.7. The van der Waals surface area contributed by atoms with Crippen LogP contribution in [0.3, 0.4) is 0 Å². The van der Waals surface area contributed by atoms with E-state index in [0.29, 0.717) is 0 Å². The molecule has 0 aliphatic rings. The Bertz CT molecular complexity index is 349. The third kappa shape index (κ3) is 2.87. The average Bonchev–Trinajstić information content (AvgIpc) is 2.28. The number of anilines is 1. The number of benzene rings is 1. The van der Waals surface area contributed by atoms with Crippen molar-refractivity contribution in [2.45, 2.75) is 26.3 Å². The number of hydrogen-bond donors (Lipinski definition) is 3. The van der Waals surface area contributed by atoms with E-state index >= 15 is 0 Å². The molecule has 1 atom stereocenters. The van der Waals surface area contributed by atoms with Gasteiger partial charge in [-0.2, -0.15) is 0 Å². The van der Waals surface area contributed by atoms with Gasteiger partial charge in [0.2, 0.25) is 0 Å². The lowest BCUT2D eigenvalue weighted by molar-refractivity contribution is 0.316. The summed E-state index contributed by atoms with van der Waals surface area (Å²) < 4.78 is 0. The molecule has 0 radical (unpaired) electrons. The van der Waals surface area contributed by atoms with Crippen LogP contribution in [0, 0.1) is 0 Å². The van der Waals surface area contributed by atoms with E-state index < -0.39 is 0 Å². The van der Waals surface area contributed by atoms with Gasteiger partial charge in [-0.15, -0.1) is 0 Å². The normalized spacial score (nSPS) is 13.6. The Kier molecular flexibility index (Phi) is 3.97. The Morgan fingerprint density at radius 1 is 1.53 bits per heavy atom. The first-order valence-electron chi connectivity index (χ1n) is 5.00. The Balaban J connectivity index is 2.80. The largest absolute Gasteiger partial charge is 0.409 e. The predicted octanol–water partition coefficient (Wildman–Crippen LogP) is 1.80. The van der Waals surface area contributed by atoms with Crippen LogP contribution in [0.2, 0.25) is 0 Å². The first kappa shape index (κ1) is 11.4. The zero-order valence-corrected chi connectivity index (χ0v) is 9.07. The fraction of sp³-hybridized carbons (Fsp3) is 0.364. The third-order valence-corrected chi connectivity index (χ3v) is 2.33. The van der Waals surface area contributed by atoms with Crippen molar-refractivity contribution in [1.82, 2.24) is 0 Å². The molecule has 0 aromatic heterocycles. The fourth-order valence-corrected chi connectivity index (χ4v) is 1.36. The molecule has 0 fully saturated rings. The van der Waals surface area contributed by atoms with Crippen LogP contribution in [0.5, 0.6) is 0 Å². The third-order valence-electron chi connectivity index (χ3n) is 2.33. The molecule has 0 saturated heterocycles. The van der Waals surface area contributed by atoms with E-state index in [4.69, 9.17) is 10.9 Å². The molecule has 0 amide bonds. The molecule has 15 heavy (non-hydrogen) atoms. The number of oxime groups is 1. The maximum Gasteiger partial charge on any atom is 0.161 e. The highest BCUT2D eigenvalue weighted by molar-refractivity contribution is 5.87. The van der Waals surface area contributed by atoms with E-state index in [1.807, 2.05) is 25.1 Å². The van der Waals surface area contributed by atoms with Gasteiger partial charge in [-0.3, -0.25) is 0 Å². The topological polar surface area (TPSA) is 70.6 Å². The lowest BCUT2D eigenvalue weighted by Gasteiger charge is -2.16. The second-order valence-corrected chi connectivity index (χ2v) is 3.40. The summed E-state index contributed by atoms with van der Waals surface area (Å²) in [6, 6.07) is 7.82. The van der Waals surface area contributed by atoms with Gasteiger partial charge in [0.25, 0.3) is 0 Å². The molecule has 0 saturated carbocycles. The van der Waals surface area contributed by atoms with Gasteiger partial charge in [0.15, 0.2) is 5.84 Å². The maximum atomic E-state index is 8.53. The number of nitrogens with two attached hydrogens (primary N) is 1. The van der Waals surface area contributed by atoms with Crippen molar-refractivity contribution >= 4 is 11.5 Å². The zero-order valence-electron chi connectivity index (χ0n) is 9.07. The minimum atomic E-state index is -0.178. The monoisotopic (exact) mass is 207 g/mol. The van der Waals surface area contributed by atoms with Crippen molar-refractivity contribution in [3.63, 3.8) is 0 Å². The molecule has 0 aliphatic carbocycles. The molecule has 0 bridgehead atoms. The van der Waals surface area contributed by atoms with Gasteiger partial charge < -0.3 is 16.3 Å². The Morgan fingerprint density at radius 3 is 2.80 bits per heavy atom. The van der Waals surface area contributed by atoms with Crippen LogP contribution in [0.1, 0.15) is 19.4 Å². The number of nitrogens with one attached hydrogen (secondary N) is 1. The molecule has 1 rings (SSSR count). The molecule has 0 heterocycles. The highest BCUT2D eigenvalue weighted by Gasteiger charge is 2.08. The van der Waals surface area contributed by atoms with Crippen LogP contribution in [-0.4, -0.2) is 17.1 Å². The van der Waals surface area contributed by atoms with E-state index in [1.54, 1.807) is 0 Å². The van der Waals surface area contributed by atoms with Crippen LogP contribution in [-0.2, 0) is 6.42 Å². The summed E-state index contributed by atoms with van der Waals surface area (Å²) >= 11 is 0. The molecule has 1 aromatic rings. The number of amidine groups is 1. The van der Waals surface area contributed by atoms with Crippen LogP contribution in [0.15, 0.2) is 29.4 Å². The van der Waals surface area contributed by atoms with Gasteiger partial charge >= 0.3 is 0 Å². The molecular weight excluding hydrogens is 190 g/mol. The Hall–Kier alpha value is -1.71. The van der Waals surface area contributed by atoms with Gasteiger partial charge in [0, 0.05) is 5.69 Å². The van der Waals surface area contributed by atoms with Gasteiger partial charge in [0.1, 0.15) is 0 Å². The van der Waals surface area contributed by atoms with Gasteiger partial charge in [-0.25, -0.2) is 0 Å². The van der Waals surface area contributed by atoms with E-state index in [9.17, 15) is 0 Å². The minimum absolute atomic E-state index is 0.178.